The van der Waals surface area contributed by atoms with Crippen LogP contribution < -0.4 is 4.74 Å². The van der Waals surface area contributed by atoms with Crippen molar-refractivity contribution in [2.75, 3.05) is 7.11 Å². The summed E-state index contributed by atoms with van der Waals surface area (Å²) in [5.74, 6) is 0.153. The molecule has 0 bridgehead atoms. The van der Waals surface area contributed by atoms with Gasteiger partial charge < -0.3 is 4.74 Å². The third kappa shape index (κ3) is 2.86. The zero-order valence-electron chi connectivity index (χ0n) is 12.6. The van der Waals surface area contributed by atoms with Gasteiger partial charge in [0.15, 0.2) is 0 Å². The van der Waals surface area contributed by atoms with E-state index in [0.29, 0.717) is 11.3 Å². The van der Waals surface area contributed by atoms with Crippen LogP contribution in [0.25, 0.3) is 22.0 Å². The van der Waals surface area contributed by atoms with Gasteiger partial charge >= 0.3 is 6.18 Å². The molecule has 0 spiro atoms. The van der Waals surface area contributed by atoms with Crippen molar-refractivity contribution in [2.45, 2.75) is 13.1 Å². The van der Waals surface area contributed by atoms with Crippen LogP contribution in [0, 0.1) is 6.92 Å². The first-order valence-electron chi connectivity index (χ1n) is 7.01. The number of ether oxygens (including phenoxy) is 1. The van der Waals surface area contributed by atoms with Crippen LogP contribution >= 0.6 is 0 Å². The molecular weight excluding hydrogens is 303 g/mol. The van der Waals surface area contributed by atoms with E-state index >= 15 is 0 Å². The Hall–Kier alpha value is -2.56. The summed E-state index contributed by atoms with van der Waals surface area (Å²) >= 11 is 0. The molecule has 23 heavy (non-hydrogen) atoms. The second-order valence-electron chi connectivity index (χ2n) is 5.30. The highest BCUT2D eigenvalue weighted by molar-refractivity contribution is 5.96. The molecule has 0 amide bonds. The molecule has 0 unspecified atom stereocenters. The topological polar surface area (TPSA) is 22.1 Å². The van der Waals surface area contributed by atoms with Crippen LogP contribution in [-0.4, -0.2) is 12.1 Å². The zero-order chi connectivity index (χ0) is 16.6. The van der Waals surface area contributed by atoms with Crippen molar-refractivity contribution in [3.63, 3.8) is 0 Å². The maximum Gasteiger partial charge on any atom is 0.416 e. The molecule has 3 aromatic rings. The van der Waals surface area contributed by atoms with Crippen LogP contribution in [-0.2, 0) is 6.18 Å². The third-order valence-corrected chi connectivity index (χ3v) is 3.70. The first-order valence-corrected chi connectivity index (χ1v) is 7.01. The summed E-state index contributed by atoms with van der Waals surface area (Å²) in [7, 11) is 1.36. The monoisotopic (exact) mass is 317 g/mol. The average molecular weight is 317 g/mol. The summed E-state index contributed by atoms with van der Waals surface area (Å²) in [4.78, 5) is 4.35. The highest BCUT2D eigenvalue weighted by atomic mass is 19.4. The second-order valence-corrected chi connectivity index (χ2v) is 5.30. The largest absolute Gasteiger partial charge is 0.496 e. The number of halogens is 3. The van der Waals surface area contributed by atoms with E-state index < -0.39 is 11.7 Å². The predicted octanol–water partition coefficient (Wildman–Crippen LogP) is 5.24. The summed E-state index contributed by atoms with van der Waals surface area (Å²) in [5.41, 5.74) is 1.51. The van der Waals surface area contributed by atoms with Gasteiger partial charge in [-0.1, -0.05) is 23.8 Å². The predicted molar refractivity (Wildman–Crippen MR) is 83.5 cm³/mol. The van der Waals surface area contributed by atoms with Crippen molar-refractivity contribution >= 4 is 10.8 Å². The molecule has 0 atom stereocenters. The summed E-state index contributed by atoms with van der Waals surface area (Å²) in [6, 6.07) is 11.2. The Bertz CT molecular complexity index is 872. The molecule has 0 saturated heterocycles. The van der Waals surface area contributed by atoms with Crippen LogP contribution in [0.1, 0.15) is 11.1 Å². The normalized spacial score (nSPS) is 11.7. The molecule has 5 heteroatoms. The lowest BCUT2D eigenvalue weighted by atomic mass is 10.0. The molecule has 3 rings (SSSR count). The number of alkyl halides is 3. The number of hydrogen-bond donors (Lipinski definition) is 0. The molecule has 0 aliphatic rings. The molecule has 0 saturated carbocycles. The molecule has 0 fully saturated rings. The van der Waals surface area contributed by atoms with Crippen molar-refractivity contribution in [3.8, 4) is 17.0 Å². The zero-order valence-corrected chi connectivity index (χ0v) is 12.6. The highest BCUT2D eigenvalue weighted by Crippen LogP contribution is 2.38. The lowest BCUT2D eigenvalue weighted by molar-refractivity contribution is -0.137. The fourth-order valence-corrected chi connectivity index (χ4v) is 2.58. The third-order valence-electron chi connectivity index (χ3n) is 3.70. The molecule has 118 valence electrons. The minimum Gasteiger partial charge on any atom is -0.496 e. The van der Waals surface area contributed by atoms with Crippen LogP contribution in [0.15, 0.2) is 48.7 Å². The van der Waals surface area contributed by atoms with Crippen molar-refractivity contribution in [1.29, 1.82) is 0 Å². The standard InChI is InChI=1S/C18H14F3NO/c1-11-3-5-14-12(9-11)7-8-22-17(14)15-6-4-13(18(19,20)21)10-16(15)23-2/h3-10H,1-2H3. The maximum absolute atomic E-state index is 12.9. The number of fused-ring (bicyclic) bond motifs is 1. The van der Waals surface area contributed by atoms with Gasteiger partial charge in [0, 0.05) is 17.1 Å². The lowest BCUT2D eigenvalue weighted by Crippen LogP contribution is -2.05. The molecule has 2 aromatic carbocycles. The Kier molecular flexibility index (Phi) is 3.72. The maximum atomic E-state index is 12.9. The number of aromatic nitrogens is 1. The molecule has 1 aromatic heterocycles. The SMILES string of the molecule is COc1cc(C(F)(F)F)ccc1-c1nccc2cc(C)ccc12. The number of nitrogens with zero attached hydrogens (tertiary/aromatic N) is 1. The quantitative estimate of drug-likeness (QED) is 0.645. The number of methoxy groups -OCH3 is 1. The Morgan fingerprint density at radius 1 is 1.00 bits per heavy atom. The van der Waals surface area contributed by atoms with Crippen LogP contribution in [0.3, 0.4) is 0 Å². The smallest absolute Gasteiger partial charge is 0.416 e. The van der Waals surface area contributed by atoms with Gasteiger partial charge in [-0.05, 0) is 36.6 Å². The minimum absolute atomic E-state index is 0.153. The lowest BCUT2D eigenvalue weighted by Gasteiger charge is -2.14. The highest BCUT2D eigenvalue weighted by Gasteiger charge is 2.31. The van der Waals surface area contributed by atoms with E-state index in [1.807, 2.05) is 31.2 Å². The van der Waals surface area contributed by atoms with Gasteiger partial charge in [0.25, 0.3) is 0 Å². The summed E-state index contributed by atoms with van der Waals surface area (Å²) in [6.45, 7) is 1.98. The molecule has 1 heterocycles. The molecule has 0 aliphatic heterocycles. The fraction of sp³-hybridized carbons (Fsp3) is 0.167. The minimum atomic E-state index is -4.41. The van der Waals surface area contributed by atoms with E-state index in [1.165, 1.54) is 13.2 Å². The van der Waals surface area contributed by atoms with Gasteiger partial charge in [-0.25, -0.2) is 0 Å². The summed E-state index contributed by atoms with van der Waals surface area (Å²) in [6.07, 6.45) is -2.76. The second kappa shape index (κ2) is 5.57. The molecule has 0 radical (unpaired) electrons. The van der Waals surface area contributed by atoms with Crippen molar-refractivity contribution < 1.29 is 17.9 Å². The van der Waals surface area contributed by atoms with Crippen LogP contribution in [0.4, 0.5) is 13.2 Å². The fourth-order valence-electron chi connectivity index (χ4n) is 2.58. The summed E-state index contributed by atoms with van der Waals surface area (Å²) in [5, 5.41) is 1.85. The Labute approximate surface area is 131 Å². The van der Waals surface area contributed by atoms with E-state index in [2.05, 4.69) is 4.98 Å². The Morgan fingerprint density at radius 2 is 1.78 bits per heavy atom. The van der Waals surface area contributed by atoms with E-state index in [9.17, 15) is 13.2 Å². The van der Waals surface area contributed by atoms with E-state index in [1.54, 1.807) is 6.20 Å². The van der Waals surface area contributed by atoms with E-state index in [4.69, 9.17) is 4.74 Å². The number of hydrogen-bond acceptors (Lipinski definition) is 2. The van der Waals surface area contributed by atoms with Gasteiger partial charge in [0.05, 0.1) is 18.4 Å². The van der Waals surface area contributed by atoms with Gasteiger partial charge in [-0.3, -0.25) is 4.98 Å². The molecule has 2 nitrogen and oxygen atoms in total. The van der Waals surface area contributed by atoms with E-state index in [-0.39, 0.29) is 5.75 Å². The van der Waals surface area contributed by atoms with E-state index in [0.717, 1.165) is 28.5 Å². The van der Waals surface area contributed by atoms with Crippen molar-refractivity contribution in [3.05, 3.63) is 59.8 Å². The Morgan fingerprint density at radius 3 is 2.48 bits per heavy atom. The van der Waals surface area contributed by atoms with Gasteiger partial charge in [-0.2, -0.15) is 13.2 Å². The average Bonchev–Trinajstić information content (AvgIpc) is 2.52. The van der Waals surface area contributed by atoms with Crippen molar-refractivity contribution in [2.24, 2.45) is 0 Å². The van der Waals surface area contributed by atoms with Gasteiger partial charge in [0.1, 0.15) is 5.75 Å². The molecular formula is C18H14F3NO. The van der Waals surface area contributed by atoms with Crippen LogP contribution in [0.2, 0.25) is 0 Å². The Balaban J connectivity index is 2.23. The van der Waals surface area contributed by atoms with Crippen molar-refractivity contribution in [1.82, 2.24) is 4.98 Å². The first-order chi connectivity index (χ1) is 10.9. The molecule has 0 N–H and O–H groups in total. The van der Waals surface area contributed by atoms with Crippen LogP contribution in [0.5, 0.6) is 5.75 Å². The summed E-state index contributed by atoms with van der Waals surface area (Å²) < 4.78 is 43.8. The van der Waals surface area contributed by atoms with Gasteiger partial charge in [-0.15, -0.1) is 0 Å². The number of aryl methyl sites for hydroxylation is 1. The van der Waals surface area contributed by atoms with Gasteiger partial charge in [0.2, 0.25) is 0 Å². The number of rotatable bonds is 2. The first kappa shape index (κ1) is 15.3. The number of pyridine rings is 1. The molecule has 0 aliphatic carbocycles. The number of benzene rings is 2.